The van der Waals surface area contributed by atoms with E-state index >= 15 is 0 Å². The van der Waals surface area contributed by atoms with E-state index in [4.69, 9.17) is 0 Å². The number of nitrogens with zero attached hydrogens (tertiary/aromatic N) is 1. The van der Waals surface area contributed by atoms with Gasteiger partial charge in [0.1, 0.15) is 0 Å². The van der Waals surface area contributed by atoms with Gasteiger partial charge in [0.15, 0.2) is 0 Å². The van der Waals surface area contributed by atoms with Crippen LogP contribution in [0.4, 0.5) is 0 Å². The SMILES string of the molecule is CCC1CC2C=CCC1N(Cc1c[nH]c3c1C=CC(C)C3)C2. The Morgan fingerprint density at radius 3 is 3.09 bits per heavy atom. The van der Waals surface area contributed by atoms with E-state index in [1.807, 2.05) is 0 Å². The lowest BCUT2D eigenvalue weighted by Crippen LogP contribution is -2.46. The van der Waals surface area contributed by atoms with Crippen LogP contribution in [0.5, 0.6) is 0 Å². The molecule has 2 heteroatoms. The summed E-state index contributed by atoms with van der Waals surface area (Å²) in [6.07, 6.45) is 17.0. The quantitative estimate of drug-likeness (QED) is 0.819. The topological polar surface area (TPSA) is 19.0 Å². The Morgan fingerprint density at radius 1 is 1.32 bits per heavy atom. The van der Waals surface area contributed by atoms with Crippen LogP contribution in [0.15, 0.2) is 24.4 Å². The van der Waals surface area contributed by atoms with Gasteiger partial charge in [0.2, 0.25) is 0 Å². The summed E-state index contributed by atoms with van der Waals surface area (Å²) >= 11 is 0. The van der Waals surface area contributed by atoms with E-state index in [1.165, 1.54) is 42.6 Å². The van der Waals surface area contributed by atoms with E-state index in [-0.39, 0.29) is 0 Å². The van der Waals surface area contributed by atoms with Crippen molar-refractivity contribution in [2.45, 2.75) is 52.1 Å². The number of H-pyrrole nitrogens is 1. The van der Waals surface area contributed by atoms with Gasteiger partial charge < -0.3 is 4.98 Å². The van der Waals surface area contributed by atoms with Crippen LogP contribution in [0, 0.1) is 17.8 Å². The Hall–Kier alpha value is -1.28. The monoisotopic (exact) mass is 296 g/mol. The zero-order chi connectivity index (χ0) is 15.1. The van der Waals surface area contributed by atoms with Crippen molar-refractivity contribution < 1.29 is 0 Å². The molecule has 0 aromatic carbocycles. The van der Waals surface area contributed by atoms with Crippen molar-refractivity contribution >= 4 is 6.08 Å². The average molecular weight is 296 g/mol. The molecule has 2 aliphatic carbocycles. The number of piperidine rings is 1. The summed E-state index contributed by atoms with van der Waals surface area (Å²) in [5.74, 6) is 2.31. The smallest absolute Gasteiger partial charge is 0.0258 e. The number of aromatic amines is 1. The third-order valence-corrected chi connectivity index (χ3v) is 5.98. The maximum absolute atomic E-state index is 3.54. The van der Waals surface area contributed by atoms with Crippen LogP contribution in [0.25, 0.3) is 6.08 Å². The van der Waals surface area contributed by atoms with E-state index in [0.717, 1.165) is 30.8 Å². The van der Waals surface area contributed by atoms with Gasteiger partial charge in [0.05, 0.1) is 0 Å². The second kappa shape index (κ2) is 5.73. The van der Waals surface area contributed by atoms with Crippen molar-refractivity contribution in [3.63, 3.8) is 0 Å². The molecule has 1 N–H and O–H groups in total. The first-order valence-electron chi connectivity index (χ1n) is 9.02. The van der Waals surface area contributed by atoms with Crippen molar-refractivity contribution in [1.29, 1.82) is 0 Å². The molecule has 22 heavy (non-hydrogen) atoms. The fraction of sp³-hybridized carbons (Fsp3) is 0.600. The molecule has 4 unspecified atom stereocenters. The molecule has 4 aliphatic rings. The molecule has 1 aromatic heterocycles. The van der Waals surface area contributed by atoms with Crippen molar-refractivity contribution in [3.8, 4) is 0 Å². The summed E-state index contributed by atoms with van der Waals surface area (Å²) in [5.41, 5.74) is 4.41. The van der Waals surface area contributed by atoms with Gasteiger partial charge >= 0.3 is 0 Å². The highest BCUT2D eigenvalue weighted by atomic mass is 15.2. The molecule has 5 rings (SSSR count). The second-order valence-electron chi connectivity index (χ2n) is 7.57. The van der Waals surface area contributed by atoms with Gasteiger partial charge in [-0.3, -0.25) is 4.90 Å². The number of hydrogen-bond acceptors (Lipinski definition) is 1. The summed E-state index contributed by atoms with van der Waals surface area (Å²) in [7, 11) is 0. The van der Waals surface area contributed by atoms with Crippen LogP contribution >= 0.6 is 0 Å². The molecule has 2 nitrogen and oxygen atoms in total. The largest absolute Gasteiger partial charge is 0.364 e. The Morgan fingerprint density at radius 2 is 2.23 bits per heavy atom. The van der Waals surface area contributed by atoms with Crippen LogP contribution in [-0.2, 0) is 13.0 Å². The summed E-state index contributed by atoms with van der Waals surface area (Å²) in [5, 5.41) is 0. The number of nitrogens with one attached hydrogen (secondary N) is 1. The Bertz CT molecular complexity index is 595. The maximum Gasteiger partial charge on any atom is 0.0258 e. The molecule has 118 valence electrons. The van der Waals surface area contributed by atoms with E-state index in [9.17, 15) is 0 Å². The number of rotatable bonds is 3. The first-order valence-corrected chi connectivity index (χ1v) is 9.02. The van der Waals surface area contributed by atoms with E-state index in [0.29, 0.717) is 5.92 Å². The van der Waals surface area contributed by atoms with Gasteiger partial charge in [-0.1, -0.05) is 44.6 Å². The van der Waals surface area contributed by atoms with Crippen molar-refractivity contribution in [2.75, 3.05) is 6.54 Å². The Labute approximate surface area is 134 Å². The summed E-state index contributed by atoms with van der Waals surface area (Å²) in [6, 6.07) is 0.747. The molecule has 1 aromatic rings. The van der Waals surface area contributed by atoms with Gasteiger partial charge in [0.25, 0.3) is 0 Å². The molecule has 0 spiro atoms. The number of aromatic nitrogens is 1. The molecular weight excluding hydrogens is 268 g/mol. The van der Waals surface area contributed by atoms with E-state index in [2.05, 4.69) is 54.2 Å². The number of hydrogen-bond donors (Lipinski definition) is 1. The Balaban J connectivity index is 1.56. The first-order chi connectivity index (χ1) is 10.7. The van der Waals surface area contributed by atoms with Crippen LogP contribution in [0.3, 0.4) is 0 Å². The molecular formula is C20H28N2. The van der Waals surface area contributed by atoms with Gasteiger partial charge in [-0.25, -0.2) is 0 Å². The molecule has 1 fully saturated rings. The lowest BCUT2D eigenvalue weighted by atomic mass is 9.82. The molecule has 0 amide bonds. The average Bonchev–Trinajstić information content (AvgIpc) is 2.70. The zero-order valence-electron chi connectivity index (χ0n) is 13.9. The minimum absolute atomic E-state index is 0.668. The van der Waals surface area contributed by atoms with Crippen molar-refractivity contribution in [1.82, 2.24) is 9.88 Å². The minimum Gasteiger partial charge on any atom is -0.364 e. The number of fused-ring (bicyclic) bond motifs is 4. The molecule has 4 atom stereocenters. The predicted molar refractivity (Wildman–Crippen MR) is 92.5 cm³/mol. The van der Waals surface area contributed by atoms with Crippen molar-refractivity contribution in [3.05, 3.63) is 41.2 Å². The Kier molecular flexibility index (Phi) is 3.73. The zero-order valence-corrected chi connectivity index (χ0v) is 13.9. The van der Waals surface area contributed by atoms with Gasteiger partial charge in [0, 0.05) is 31.0 Å². The van der Waals surface area contributed by atoms with E-state index in [1.54, 1.807) is 0 Å². The molecule has 0 saturated carbocycles. The predicted octanol–water partition coefficient (Wildman–Crippen LogP) is 4.40. The molecule has 3 heterocycles. The summed E-state index contributed by atoms with van der Waals surface area (Å²) in [4.78, 5) is 6.30. The second-order valence-corrected chi connectivity index (χ2v) is 7.57. The maximum atomic E-state index is 3.54. The summed E-state index contributed by atoms with van der Waals surface area (Å²) < 4.78 is 0. The molecule has 1 saturated heterocycles. The van der Waals surface area contributed by atoms with Crippen molar-refractivity contribution in [2.24, 2.45) is 17.8 Å². The fourth-order valence-electron chi connectivity index (χ4n) is 4.77. The molecule has 2 bridgehead atoms. The highest BCUT2D eigenvalue weighted by Crippen LogP contribution is 2.37. The van der Waals surface area contributed by atoms with Gasteiger partial charge in [-0.15, -0.1) is 0 Å². The first kappa shape index (κ1) is 14.3. The van der Waals surface area contributed by atoms with E-state index < -0.39 is 0 Å². The highest BCUT2D eigenvalue weighted by molar-refractivity contribution is 5.59. The standard InChI is InChI=1S/C20H28N2/c1-3-16-10-15-5-4-6-20(16)22(12-15)13-17-11-21-19-9-14(2)7-8-18(17)19/h4-5,7-8,11,14-16,20-21H,3,6,9-10,12-13H2,1-2H3. The van der Waals surface area contributed by atoms with Gasteiger partial charge in [-0.2, -0.15) is 0 Å². The van der Waals surface area contributed by atoms with Crippen LogP contribution in [0.1, 0.15) is 49.9 Å². The third kappa shape index (κ3) is 2.48. The van der Waals surface area contributed by atoms with Crippen LogP contribution in [-0.4, -0.2) is 22.5 Å². The normalized spacial score (nSPS) is 33.9. The number of allylic oxidation sites excluding steroid dienone is 1. The van der Waals surface area contributed by atoms with Crippen LogP contribution in [0.2, 0.25) is 0 Å². The molecule has 2 aliphatic heterocycles. The highest BCUT2D eigenvalue weighted by Gasteiger charge is 2.35. The fourth-order valence-corrected chi connectivity index (χ4v) is 4.77. The van der Waals surface area contributed by atoms with Gasteiger partial charge in [-0.05, 0) is 48.1 Å². The minimum atomic E-state index is 0.668. The third-order valence-electron chi connectivity index (χ3n) is 5.98. The lowest BCUT2D eigenvalue weighted by molar-refractivity contribution is 0.0683. The molecule has 0 radical (unpaired) electrons. The summed E-state index contributed by atoms with van der Waals surface area (Å²) in [6.45, 7) is 7.03. The van der Waals surface area contributed by atoms with Crippen LogP contribution < -0.4 is 0 Å². The lowest BCUT2D eigenvalue weighted by Gasteiger charge is -2.42.